The zero-order valence-electron chi connectivity index (χ0n) is 11.2. The average molecular weight is 377 g/mol. The number of furan rings is 1. The van der Waals surface area contributed by atoms with Gasteiger partial charge in [0, 0.05) is 12.6 Å². The van der Waals surface area contributed by atoms with Gasteiger partial charge in [-0.2, -0.15) is 0 Å². The van der Waals surface area contributed by atoms with E-state index in [1.54, 1.807) is 13.0 Å². The van der Waals surface area contributed by atoms with Gasteiger partial charge in [-0.05, 0) is 35.0 Å². The van der Waals surface area contributed by atoms with Gasteiger partial charge in [0.05, 0.1) is 12.2 Å². The SMILES string of the molecule is CCN(c1ccccc1F)S(=O)(=O)c1cc(CN)oc1Br. The number of sulfonamides is 1. The van der Waals surface area contributed by atoms with Crippen molar-refractivity contribution in [1.29, 1.82) is 0 Å². The highest BCUT2D eigenvalue weighted by Gasteiger charge is 2.30. The molecule has 2 N–H and O–H groups in total. The van der Waals surface area contributed by atoms with Crippen molar-refractivity contribution in [2.45, 2.75) is 18.4 Å². The molecule has 0 saturated heterocycles. The van der Waals surface area contributed by atoms with E-state index in [2.05, 4.69) is 15.9 Å². The zero-order chi connectivity index (χ0) is 15.6. The van der Waals surface area contributed by atoms with Crippen molar-refractivity contribution >= 4 is 31.6 Å². The Morgan fingerprint density at radius 3 is 2.57 bits per heavy atom. The first-order chi connectivity index (χ1) is 9.91. The standard InChI is InChI=1S/C13H14BrFN2O3S/c1-2-17(11-6-4-3-5-10(11)15)21(18,19)12-7-9(8-16)20-13(12)14/h3-7H,2,8,16H2,1H3. The van der Waals surface area contributed by atoms with Crippen LogP contribution in [0.3, 0.4) is 0 Å². The molecule has 0 spiro atoms. The Labute approximate surface area is 130 Å². The highest BCUT2D eigenvalue weighted by atomic mass is 79.9. The lowest BCUT2D eigenvalue weighted by atomic mass is 10.3. The fourth-order valence-corrected chi connectivity index (χ4v) is 4.36. The summed E-state index contributed by atoms with van der Waals surface area (Å²) >= 11 is 3.06. The van der Waals surface area contributed by atoms with Crippen molar-refractivity contribution < 1.29 is 17.2 Å². The summed E-state index contributed by atoms with van der Waals surface area (Å²) in [5, 5.41) is 0. The Bertz CT molecular complexity index is 746. The molecule has 1 heterocycles. The Morgan fingerprint density at radius 2 is 2.05 bits per heavy atom. The molecule has 0 amide bonds. The van der Waals surface area contributed by atoms with Crippen LogP contribution >= 0.6 is 15.9 Å². The van der Waals surface area contributed by atoms with Gasteiger partial charge >= 0.3 is 0 Å². The van der Waals surface area contributed by atoms with E-state index in [4.69, 9.17) is 10.2 Å². The third-order valence-corrected chi connectivity index (χ3v) is 5.63. The van der Waals surface area contributed by atoms with Crippen molar-refractivity contribution in [3.8, 4) is 0 Å². The predicted molar refractivity (Wildman–Crippen MR) is 80.9 cm³/mol. The number of halogens is 2. The summed E-state index contributed by atoms with van der Waals surface area (Å²) in [5.41, 5.74) is 5.42. The number of benzene rings is 1. The van der Waals surface area contributed by atoms with Crippen LogP contribution in [0.4, 0.5) is 10.1 Å². The summed E-state index contributed by atoms with van der Waals surface area (Å²) in [5.74, 6) is -0.286. The molecule has 0 bridgehead atoms. The van der Waals surface area contributed by atoms with Gasteiger partial charge in [-0.25, -0.2) is 12.8 Å². The van der Waals surface area contributed by atoms with Gasteiger partial charge in [-0.1, -0.05) is 12.1 Å². The molecule has 2 rings (SSSR count). The van der Waals surface area contributed by atoms with E-state index < -0.39 is 15.8 Å². The quantitative estimate of drug-likeness (QED) is 0.870. The molecule has 114 valence electrons. The topological polar surface area (TPSA) is 76.5 Å². The van der Waals surface area contributed by atoms with Crippen LogP contribution in [0.2, 0.25) is 0 Å². The minimum absolute atomic E-state index is 0.0117. The van der Waals surface area contributed by atoms with E-state index in [0.717, 1.165) is 4.31 Å². The van der Waals surface area contributed by atoms with E-state index in [1.165, 1.54) is 24.3 Å². The molecule has 2 aromatic rings. The number of nitrogens with zero attached hydrogens (tertiary/aromatic N) is 1. The molecule has 1 aromatic heterocycles. The van der Waals surface area contributed by atoms with Gasteiger partial charge in [0.25, 0.3) is 10.0 Å². The van der Waals surface area contributed by atoms with E-state index in [0.29, 0.717) is 5.76 Å². The number of rotatable bonds is 5. The Kier molecular flexibility index (Phi) is 4.70. The second kappa shape index (κ2) is 6.17. The largest absolute Gasteiger partial charge is 0.452 e. The summed E-state index contributed by atoms with van der Waals surface area (Å²) < 4.78 is 45.5. The van der Waals surface area contributed by atoms with Crippen LogP contribution < -0.4 is 10.0 Å². The highest BCUT2D eigenvalue weighted by Crippen LogP contribution is 2.32. The first-order valence-electron chi connectivity index (χ1n) is 6.17. The first-order valence-corrected chi connectivity index (χ1v) is 8.40. The molecule has 0 fully saturated rings. The molecular formula is C13H14BrFN2O3S. The van der Waals surface area contributed by atoms with Crippen molar-refractivity contribution in [3.63, 3.8) is 0 Å². The summed E-state index contributed by atoms with van der Waals surface area (Å²) in [6.07, 6.45) is 0. The molecule has 0 atom stereocenters. The molecule has 0 saturated carbocycles. The van der Waals surface area contributed by atoms with Gasteiger partial charge in [0.1, 0.15) is 16.5 Å². The first kappa shape index (κ1) is 16.0. The summed E-state index contributed by atoms with van der Waals surface area (Å²) in [7, 11) is -3.95. The highest BCUT2D eigenvalue weighted by molar-refractivity contribution is 9.10. The van der Waals surface area contributed by atoms with E-state index in [-0.39, 0.29) is 28.3 Å². The van der Waals surface area contributed by atoms with Crippen molar-refractivity contribution in [2.24, 2.45) is 5.73 Å². The molecule has 5 nitrogen and oxygen atoms in total. The van der Waals surface area contributed by atoms with Crippen LogP contribution in [-0.2, 0) is 16.6 Å². The number of hydrogen-bond acceptors (Lipinski definition) is 4. The maximum Gasteiger partial charge on any atom is 0.268 e. The lowest BCUT2D eigenvalue weighted by Crippen LogP contribution is -2.31. The van der Waals surface area contributed by atoms with Crippen LogP contribution in [0, 0.1) is 5.82 Å². The van der Waals surface area contributed by atoms with Crippen molar-refractivity contribution in [1.82, 2.24) is 0 Å². The third kappa shape index (κ3) is 2.97. The summed E-state index contributed by atoms with van der Waals surface area (Å²) in [6, 6.07) is 7.03. The average Bonchev–Trinajstić information content (AvgIpc) is 2.83. The monoisotopic (exact) mass is 376 g/mol. The fourth-order valence-electron chi connectivity index (χ4n) is 1.92. The smallest absolute Gasteiger partial charge is 0.268 e. The lowest BCUT2D eigenvalue weighted by molar-refractivity contribution is 0.483. The second-order valence-corrected chi connectivity index (χ2v) is 6.73. The third-order valence-electron chi connectivity index (χ3n) is 2.88. The van der Waals surface area contributed by atoms with Crippen LogP contribution in [-0.4, -0.2) is 15.0 Å². The number of anilines is 1. The van der Waals surface area contributed by atoms with Crippen LogP contribution in [0.25, 0.3) is 0 Å². The minimum Gasteiger partial charge on any atom is -0.452 e. The van der Waals surface area contributed by atoms with Gasteiger partial charge in [0.2, 0.25) is 0 Å². The molecular weight excluding hydrogens is 363 g/mol. The number of nitrogens with two attached hydrogens (primary N) is 1. The molecule has 21 heavy (non-hydrogen) atoms. The molecule has 0 aliphatic rings. The molecule has 0 unspecified atom stereocenters. The van der Waals surface area contributed by atoms with Crippen LogP contribution in [0.15, 0.2) is 44.3 Å². The van der Waals surface area contributed by atoms with Crippen molar-refractivity contribution in [2.75, 3.05) is 10.8 Å². The second-order valence-electron chi connectivity index (χ2n) is 4.18. The Morgan fingerprint density at radius 1 is 1.38 bits per heavy atom. The summed E-state index contributed by atoms with van der Waals surface area (Å²) in [6.45, 7) is 1.78. The van der Waals surface area contributed by atoms with Gasteiger partial charge < -0.3 is 10.2 Å². The summed E-state index contributed by atoms with van der Waals surface area (Å²) in [4.78, 5) is -0.0759. The molecule has 0 aliphatic heterocycles. The predicted octanol–water partition coefficient (Wildman–Crippen LogP) is 2.86. The normalized spacial score (nSPS) is 11.6. The van der Waals surface area contributed by atoms with E-state index >= 15 is 0 Å². The van der Waals surface area contributed by atoms with E-state index in [1.807, 2.05) is 0 Å². The van der Waals surface area contributed by atoms with Gasteiger partial charge in [0.15, 0.2) is 4.67 Å². The zero-order valence-corrected chi connectivity index (χ0v) is 13.6. The Hall–Kier alpha value is -1.38. The van der Waals surface area contributed by atoms with E-state index in [9.17, 15) is 12.8 Å². The maximum absolute atomic E-state index is 13.9. The van der Waals surface area contributed by atoms with Crippen LogP contribution in [0.5, 0.6) is 0 Å². The number of hydrogen-bond donors (Lipinski definition) is 1. The molecule has 0 aliphatic carbocycles. The van der Waals surface area contributed by atoms with Crippen LogP contribution in [0.1, 0.15) is 12.7 Å². The Balaban J connectivity index is 2.55. The van der Waals surface area contributed by atoms with Gasteiger partial charge in [-0.15, -0.1) is 0 Å². The number of para-hydroxylation sites is 1. The molecule has 1 aromatic carbocycles. The lowest BCUT2D eigenvalue weighted by Gasteiger charge is -2.22. The van der Waals surface area contributed by atoms with Crippen molar-refractivity contribution in [3.05, 3.63) is 46.6 Å². The molecule has 8 heteroatoms. The minimum atomic E-state index is -3.95. The molecule has 0 radical (unpaired) electrons. The maximum atomic E-state index is 13.9. The van der Waals surface area contributed by atoms with Gasteiger partial charge in [-0.3, -0.25) is 4.31 Å². The fraction of sp³-hybridized carbons (Fsp3) is 0.231.